The Morgan fingerprint density at radius 3 is 2.61 bits per heavy atom. The largest absolute Gasteiger partial charge is 0.462 e. The number of hydrogen-bond acceptors (Lipinski definition) is 7. The molecular formula is C29H44O7. The van der Waals surface area contributed by atoms with Crippen LogP contribution in [0.2, 0.25) is 0 Å². The van der Waals surface area contributed by atoms with E-state index in [2.05, 4.69) is 26.8 Å². The van der Waals surface area contributed by atoms with Crippen LogP contribution >= 0.6 is 0 Å². The molecule has 3 saturated carbocycles. The molecule has 0 aromatic carbocycles. The van der Waals surface area contributed by atoms with Crippen molar-refractivity contribution in [1.29, 1.82) is 0 Å². The highest BCUT2D eigenvalue weighted by Gasteiger charge is 2.71. The fraction of sp³-hybridized carbons (Fsp3) is 0.897. The topological polar surface area (TPSA) is 105 Å². The van der Waals surface area contributed by atoms with Crippen molar-refractivity contribution < 1.29 is 34.3 Å². The number of fused-ring (bicyclic) bond motifs is 7. The molecule has 3 N–H and O–H groups in total. The number of ether oxygens (including phenoxy) is 3. The average molecular weight is 505 g/mol. The SMILES string of the molecule is CC(=O)O[C@@H]1C[C@H](O)CC2=CC[C@H]3[C@@H]4C[C@@H]5O[C@@]6(OC[C@@H](C)[C@@H](O)[C@@H]6O)[C@@H](C)[C@@H]5[C@@]4(C)CC[C@@H]3[C@]21C. The highest BCUT2D eigenvalue weighted by molar-refractivity contribution is 5.66. The lowest BCUT2D eigenvalue weighted by Gasteiger charge is -2.60. The second-order valence-corrected chi connectivity index (χ2v) is 13.5. The molecule has 0 unspecified atom stereocenters. The summed E-state index contributed by atoms with van der Waals surface area (Å²) in [6.07, 6.45) is 4.88. The first-order chi connectivity index (χ1) is 16.9. The van der Waals surface area contributed by atoms with Gasteiger partial charge in [-0.15, -0.1) is 0 Å². The van der Waals surface area contributed by atoms with Gasteiger partial charge in [-0.05, 0) is 61.2 Å². The van der Waals surface area contributed by atoms with E-state index in [1.165, 1.54) is 12.5 Å². The second kappa shape index (κ2) is 8.25. The van der Waals surface area contributed by atoms with Gasteiger partial charge in [0.15, 0.2) is 5.79 Å². The predicted octanol–water partition coefficient (Wildman–Crippen LogP) is 3.20. The highest BCUT2D eigenvalue weighted by atomic mass is 16.7. The van der Waals surface area contributed by atoms with Gasteiger partial charge in [-0.2, -0.15) is 0 Å². The minimum atomic E-state index is -1.13. The third kappa shape index (κ3) is 3.19. The third-order valence-electron chi connectivity index (χ3n) is 11.9. The number of carbonyl (C=O) groups is 1. The van der Waals surface area contributed by atoms with Crippen molar-refractivity contribution in [2.75, 3.05) is 6.61 Å². The fourth-order valence-corrected chi connectivity index (χ4v) is 10.2. The molecular weight excluding hydrogens is 460 g/mol. The van der Waals surface area contributed by atoms with E-state index in [0.717, 1.165) is 25.7 Å². The van der Waals surface area contributed by atoms with Crippen LogP contribution in [0.3, 0.4) is 0 Å². The van der Waals surface area contributed by atoms with Gasteiger partial charge >= 0.3 is 5.97 Å². The third-order valence-corrected chi connectivity index (χ3v) is 11.9. The number of aliphatic hydroxyl groups excluding tert-OH is 3. The van der Waals surface area contributed by atoms with Crippen LogP contribution in [0.5, 0.6) is 0 Å². The normalized spacial score (nSPS) is 57.9. The molecule has 2 saturated heterocycles. The Morgan fingerprint density at radius 2 is 1.89 bits per heavy atom. The molecule has 1 spiro atoms. The summed E-state index contributed by atoms with van der Waals surface area (Å²) >= 11 is 0. The molecule has 202 valence electrons. The Morgan fingerprint density at radius 1 is 1.14 bits per heavy atom. The Kier molecular flexibility index (Phi) is 5.80. The number of carbonyl (C=O) groups excluding carboxylic acids is 1. The smallest absolute Gasteiger partial charge is 0.302 e. The Balaban J connectivity index is 1.30. The molecule has 7 nitrogen and oxygen atoms in total. The molecule has 0 aromatic heterocycles. The number of rotatable bonds is 1. The minimum Gasteiger partial charge on any atom is -0.462 e. The molecule has 6 rings (SSSR count). The quantitative estimate of drug-likeness (QED) is 0.372. The van der Waals surface area contributed by atoms with Crippen LogP contribution < -0.4 is 0 Å². The van der Waals surface area contributed by atoms with Crippen LogP contribution in [0.15, 0.2) is 11.6 Å². The summed E-state index contributed by atoms with van der Waals surface area (Å²) in [4.78, 5) is 12.0. The van der Waals surface area contributed by atoms with Gasteiger partial charge in [-0.1, -0.05) is 39.3 Å². The average Bonchev–Trinajstić information content (AvgIpc) is 3.27. The minimum absolute atomic E-state index is 0.000339. The summed E-state index contributed by atoms with van der Waals surface area (Å²) in [6.45, 7) is 10.6. The van der Waals surface area contributed by atoms with Crippen molar-refractivity contribution in [2.24, 2.45) is 46.3 Å². The summed E-state index contributed by atoms with van der Waals surface area (Å²) < 4.78 is 18.8. The molecule has 0 aromatic rings. The van der Waals surface area contributed by atoms with Crippen LogP contribution in [0.1, 0.15) is 73.1 Å². The van der Waals surface area contributed by atoms with Gasteiger partial charge in [-0.25, -0.2) is 0 Å². The van der Waals surface area contributed by atoms with E-state index >= 15 is 0 Å². The van der Waals surface area contributed by atoms with Crippen molar-refractivity contribution >= 4 is 5.97 Å². The first kappa shape index (κ1) is 25.3. The number of hydrogen-bond donors (Lipinski definition) is 3. The maximum Gasteiger partial charge on any atom is 0.302 e. The van der Waals surface area contributed by atoms with Gasteiger partial charge in [0.1, 0.15) is 12.2 Å². The van der Waals surface area contributed by atoms with Crippen LogP contribution in [-0.4, -0.2) is 64.2 Å². The zero-order valence-corrected chi connectivity index (χ0v) is 22.4. The lowest BCUT2D eigenvalue weighted by atomic mass is 9.46. The number of aliphatic hydroxyl groups is 3. The summed E-state index contributed by atoms with van der Waals surface area (Å²) in [5.41, 5.74) is 1.07. The number of allylic oxidation sites excluding steroid dienone is 1. The lowest BCUT2D eigenvalue weighted by Crippen LogP contribution is -2.62. The van der Waals surface area contributed by atoms with E-state index in [1.54, 1.807) is 0 Å². The summed E-state index contributed by atoms with van der Waals surface area (Å²) in [5, 5.41) is 32.3. The maximum atomic E-state index is 12.0. The summed E-state index contributed by atoms with van der Waals surface area (Å²) in [5.74, 6) is 0.0457. The summed E-state index contributed by atoms with van der Waals surface area (Å²) in [7, 11) is 0. The second-order valence-electron chi connectivity index (χ2n) is 13.5. The standard InChI is InChI=1S/C29H44O7/c1-14-13-34-29(26(33)25(14)32)15(2)24-22(36-29)12-21-19-7-6-17-10-18(31)11-23(35-16(3)30)28(17,5)20(19)8-9-27(21,24)4/h6,14-15,18-26,31-33H,7-13H2,1-5H3/t14-,15+,18-,19-,20+,21+,22+,23-,24+,25-,26+,27+,28+,29+/m1/s1. The van der Waals surface area contributed by atoms with Gasteiger partial charge in [0, 0.05) is 30.6 Å². The van der Waals surface area contributed by atoms with Crippen molar-refractivity contribution in [1.82, 2.24) is 0 Å². The van der Waals surface area contributed by atoms with Crippen LogP contribution in [0.4, 0.5) is 0 Å². The highest BCUT2D eigenvalue weighted by Crippen LogP contribution is 2.70. The molecule has 14 atom stereocenters. The van der Waals surface area contributed by atoms with Gasteiger partial charge in [0.05, 0.1) is 24.9 Å². The van der Waals surface area contributed by atoms with E-state index in [4.69, 9.17) is 14.2 Å². The van der Waals surface area contributed by atoms with Gasteiger partial charge in [0.25, 0.3) is 0 Å². The van der Waals surface area contributed by atoms with E-state index in [9.17, 15) is 20.1 Å². The summed E-state index contributed by atoms with van der Waals surface area (Å²) in [6, 6.07) is 0. The molecule has 36 heavy (non-hydrogen) atoms. The maximum absolute atomic E-state index is 12.0. The van der Waals surface area contributed by atoms with Crippen LogP contribution in [0.25, 0.3) is 0 Å². The molecule has 0 bridgehead atoms. The Hall–Kier alpha value is -0.990. The Bertz CT molecular complexity index is 950. The van der Waals surface area contributed by atoms with Gasteiger partial charge < -0.3 is 29.5 Å². The first-order valence-electron chi connectivity index (χ1n) is 14.2. The zero-order chi connectivity index (χ0) is 25.8. The van der Waals surface area contributed by atoms with Gasteiger partial charge in [-0.3, -0.25) is 4.79 Å². The van der Waals surface area contributed by atoms with Crippen molar-refractivity contribution in [2.45, 2.75) is 109 Å². The van der Waals surface area contributed by atoms with Gasteiger partial charge in [0.2, 0.25) is 0 Å². The molecule has 5 fully saturated rings. The first-order valence-corrected chi connectivity index (χ1v) is 14.2. The predicted molar refractivity (Wildman–Crippen MR) is 131 cm³/mol. The zero-order valence-electron chi connectivity index (χ0n) is 22.4. The fourth-order valence-electron chi connectivity index (χ4n) is 10.2. The lowest BCUT2D eigenvalue weighted by molar-refractivity contribution is -0.338. The van der Waals surface area contributed by atoms with Crippen molar-refractivity contribution in [3.05, 3.63) is 11.6 Å². The molecule has 6 aliphatic rings. The Labute approximate surface area is 214 Å². The molecule has 7 heteroatoms. The monoisotopic (exact) mass is 504 g/mol. The van der Waals surface area contributed by atoms with Crippen LogP contribution in [-0.2, 0) is 19.0 Å². The van der Waals surface area contributed by atoms with E-state index in [-0.39, 0.29) is 46.8 Å². The molecule has 0 amide bonds. The van der Waals surface area contributed by atoms with E-state index < -0.39 is 24.1 Å². The molecule has 2 aliphatic heterocycles. The molecule has 2 heterocycles. The van der Waals surface area contributed by atoms with E-state index in [0.29, 0.717) is 37.2 Å². The van der Waals surface area contributed by atoms with Crippen LogP contribution in [0, 0.1) is 46.3 Å². The van der Waals surface area contributed by atoms with Crippen molar-refractivity contribution in [3.63, 3.8) is 0 Å². The molecule has 4 aliphatic carbocycles. The van der Waals surface area contributed by atoms with E-state index in [1.807, 2.05) is 6.92 Å². The van der Waals surface area contributed by atoms with Crippen molar-refractivity contribution in [3.8, 4) is 0 Å². The molecule has 0 radical (unpaired) electrons. The number of esters is 1.